The number of nitrogens with one attached hydrogen (secondary N) is 3. The fraction of sp³-hybridized carbons (Fsp3) is 0.176. The van der Waals surface area contributed by atoms with Gasteiger partial charge in [0.1, 0.15) is 5.82 Å². The Kier molecular flexibility index (Phi) is 4.51. The predicted molar refractivity (Wildman–Crippen MR) is 90.6 cm³/mol. The number of para-hydroxylation sites is 1. The lowest BCUT2D eigenvalue weighted by Gasteiger charge is -2.06. The van der Waals surface area contributed by atoms with Crippen LogP contribution in [0.3, 0.4) is 0 Å². The van der Waals surface area contributed by atoms with Gasteiger partial charge in [-0.15, -0.1) is 0 Å². The zero-order valence-electron chi connectivity index (χ0n) is 13.2. The first-order valence-corrected chi connectivity index (χ1v) is 7.58. The van der Waals surface area contributed by atoms with Gasteiger partial charge in [0.2, 0.25) is 5.91 Å². The third kappa shape index (κ3) is 3.57. The standard InChI is InChI=1S/C17H17N5O2/c1-11-5-4-8-14(19-11)20-15(23)9-10-18-17(24)16-12-6-2-3-7-13(12)21-22-16/h2-8H,9-10H2,1H3,(H,18,24)(H,21,22)(H,19,20,23). The predicted octanol–water partition coefficient (Wildman–Crippen LogP) is 2.02. The van der Waals surface area contributed by atoms with E-state index in [4.69, 9.17) is 0 Å². The van der Waals surface area contributed by atoms with E-state index >= 15 is 0 Å². The first-order chi connectivity index (χ1) is 11.6. The van der Waals surface area contributed by atoms with E-state index in [-0.39, 0.29) is 24.8 Å². The molecule has 0 bridgehead atoms. The van der Waals surface area contributed by atoms with Crippen molar-refractivity contribution in [3.05, 3.63) is 53.9 Å². The minimum absolute atomic E-state index is 0.156. The molecule has 0 atom stereocenters. The molecule has 1 aromatic carbocycles. The molecule has 2 aromatic heterocycles. The maximum atomic E-state index is 12.2. The molecule has 0 unspecified atom stereocenters. The average Bonchev–Trinajstić information content (AvgIpc) is 2.99. The number of pyridine rings is 1. The third-order valence-corrected chi connectivity index (χ3v) is 3.48. The van der Waals surface area contributed by atoms with Crippen molar-refractivity contribution in [2.24, 2.45) is 0 Å². The Balaban J connectivity index is 1.52. The Morgan fingerprint density at radius 2 is 1.96 bits per heavy atom. The van der Waals surface area contributed by atoms with Crippen LogP contribution in [0.4, 0.5) is 5.82 Å². The second-order valence-electron chi connectivity index (χ2n) is 5.34. The van der Waals surface area contributed by atoms with E-state index < -0.39 is 0 Å². The molecule has 0 aliphatic heterocycles. The van der Waals surface area contributed by atoms with Crippen molar-refractivity contribution in [1.82, 2.24) is 20.5 Å². The van der Waals surface area contributed by atoms with Crippen LogP contribution in [-0.2, 0) is 4.79 Å². The van der Waals surface area contributed by atoms with Crippen molar-refractivity contribution < 1.29 is 9.59 Å². The Hall–Kier alpha value is -3.22. The van der Waals surface area contributed by atoms with Gasteiger partial charge in [-0.3, -0.25) is 14.7 Å². The summed E-state index contributed by atoms with van der Waals surface area (Å²) in [5, 5.41) is 13.0. The molecule has 0 fully saturated rings. The smallest absolute Gasteiger partial charge is 0.272 e. The van der Waals surface area contributed by atoms with Crippen LogP contribution in [0.15, 0.2) is 42.5 Å². The largest absolute Gasteiger partial charge is 0.350 e. The van der Waals surface area contributed by atoms with Crippen LogP contribution in [0.5, 0.6) is 0 Å². The Bertz CT molecular complexity index is 887. The summed E-state index contributed by atoms with van der Waals surface area (Å²) in [6, 6.07) is 12.8. The Morgan fingerprint density at radius 1 is 1.12 bits per heavy atom. The highest BCUT2D eigenvalue weighted by atomic mass is 16.2. The number of hydrogen-bond donors (Lipinski definition) is 3. The van der Waals surface area contributed by atoms with Crippen molar-refractivity contribution in [2.45, 2.75) is 13.3 Å². The summed E-state index contributed by atoms with van der Waals surface area (Å²) in [4.78, 5) is 28.2. The molecular formula is C17H17N5O2. The number of fused-ring (bicyclic) bond motifs is 1. The Morgan fingerprint density at radius 3 is 2.79 bits per heavy atom. The van der Waals surface area contributed by atoms with Gasteiger partial charge in [-0.05, 0) is 25.1 Å². The van der Waals surface area contributed by atoms with Gasteiger partial charge in [-0.25, -0.2) is 4.98 Å². The topological polar surface area (TPSA) is 99.8 Å². The average molecular weight is 323 g/mol. The molecule has 0 radical (unpaired) electrons. The fourth-order valence-corrected chi connectivity index (χ4v) is 2.33. The molecule has 0 saturated carbocycles. The zero-order valence-corrected chi connectivity index (χ0v) is 13.2. The lowest BCUT2D eigenvalue weighted by atomic mass is 10.2. The van der Waals surface area contributed by atoms with Gasteiger partial charge in [-0.2, -0.15) is 5.10 Å². The van der Waals surface area contributed by atoms with Crippen molar-refractivity contribution in [2.75, 3.05) is 11.9 Å². The first-order valence-electron chi connectivity index (χ1n) is 7.58. The van der Waals surface area contributed by atoms with Crippen LogP contribution in [0.2, 0.25) is 0 Å². The number of hydrogen-bond acceptors (Lipinski definition) is 4. The second kappa shape index (κ2) is 6.91. The summed E-state index contributed by atoms with van der Waals surface area (Å²) < 4.78 is 0. The number of carbonyl (C=O) groups is 2. The molecule has 7 heteroatoms. The van der Waals surface area contributed by atoms with Crippen molar-refractivity contribution in [3.63, 3.8) is 0 Å². The number of anilines is 1. The summed E-state index contributed by atoms with van der Waals surface area (Å²) in [6.45, 7) is 2.07. The number of aryl methyl sites for hydroxylation is 1. The number of aromatic nitrogens is 3. The van der Waals surface area contributed by atoms with Crippen LogP contribution in [0.1, 0.15) is 22.6 Å². The van der Waals surface area contributed by atoms with Gasteiger partial charge >= 0.3 is 0 Å². The van der Waals surface area contributed by atoms with E-state index in [0.29, 0.717) is 11.5 Å². The molecule has 0 saturated heterocycles. The molecule has 0 aliphatic carbocycles. The molecular weight excluding hydrogens is 306 g/mol. The van der Waals surface area contributed by atoms with E-state index in [1.165, 1.54) is 0 Å². The van der Waals surface area contributed by atoms with Gasteiger partial charge < -0.3 is 10.6 Å². The van der Waals surface area contributed by atoms with E-state index in [1.807, 2.05) is 43.3 Å². The quantitative estimate of drug-likeness (QED) is 0.669. The maximum absolute atomic E-state index is 12.2. The third-order valence-electron chi connectivity index (χ3n) is 3.48. The van der Waals surface area contributed by atoms with E-state index in [9.17, 15) is 9.59 Å². The number of carbonyl (C=O) groups excluding carboxylic acids is 2. The SMILES string of the molecule is Cc1cccc(NC(=O)CCNC(=O)c2n[nH]c3ccccc23)n1. The van der Waals surface area contributed by atoms with Crippen molar-refractivity contribution in [1.29, 1.82) is 0 Å². The lowest BCUT2D eigenvalue weighted by molar-refractivity contribution is -0.116. The van der Waals surface area contributed by atoms with Gasteiger partial charge in [0, 0.05) is 24.0 Å². The van der Waals surface area contributed by atoms with Gasteiger partial charge in [0.15, 0.2) is 5.69 Å². The summed E-state index contributed by atoms with van der Waals surface area (Å²) in [6.07, 6.45) is 0.156. The molecule has 122 valence electrons. The number of nitrogens with zero attached hydrogens (tertiary/aromatic N) is 2. The van der Waals surface area contributed by atoms with Crippen molar-refractivity contribution >= 4 is 28.5 Å². The first kappa shape index (κ1) is 15.7. The van der Waals surface area contributed by atoms with Crippen molar-refractivity contribution in [3.8, 4) is 0 Å². The van der Waals surface area contributed by atoms with Crippen LogP contribution in [0.25, 0.3) is 10.9 Å². The molecule has 2 heterocycles. The summed E-state index contributed by atoms with van der Waals surface area (Å²) in [5.41, 5.74) is 1.95. The summed E-state index contributed by atoms with van der Waals surface area (Å²) in [7, 11) is 0. The molecule has 0 aliphatic rings. The van der Waals surface area contributed by atoms with E-state index in [1.54, 1.807) is 6.07 Å². The van der Waals surface area contributed by atoms with E-state index in [2.05, 4.69) is 25.8 Å². The monoisotopic (exact) mass is 323 g/mol. The van der Waals surface area contributed by atoms with Crippen LogP contribution < -0.4 is 10.6 Å². The van der Waals surface area contributed by atoms with Gasteiger partial charge in [-0.1, -0.05) is 24.3 Å². The molecule has 0 spiro atoms. The normalized spacial score (nSPS) is 10.5. The fourth-order valence-electron chi connectivity index (χ4n) is 2.33. The van der Waals surface area contributed by atoms with Crippen LogP contribution in [-0.4, -0.2) is 33.5 Å². The number of benzene rings is 1. The van der Waals surface area contributed by atoms with E-state index in [0.717, 1.165) is 16.6 Å². The highest BCUT2D eigenvalue weighted by Gasteiger charge is 2.13. The lowest BCUT2D eigenvalue weighted by Crippen LogP contribution is -2.28. The molecule has 7 nitrogen and oxygen atoms in total. The molecule has 3 aromatic rings. The number of amides is 2. The number of aromatic amines is 1. The zero-order chi connectivity index (χ0) is 16.9. The molecule has 24 heavy (non-hydrogen) atoms. The second-order valence-corrected chi connectivity index (χ2v) is 5.34. The van der Waals surface area contributed by atoms with Gasteiger partial charge in [0.05, 0.1) is 5.52 Å². The number of H-pyrrole nitrogens is 1. The Labute approximate surface area is 138 Å². The molecule has 2 amide bonds. The van der Waals surface area contributed by atoms with Gasteiger partial charge in [0.25, 0.3) is 5.91 Å². The highest BCUT2D eigenvalue weighted by molar-refractivity contribution is 6.04. The van der Waals surface area contributed by atoms with Crippen LogP contribution in [0, 0.1) is 6.92 Å². The minimum Gasteiger partial charge on any atom is -0.350 e. The van der Waals surface area contributed by atoms with Crippen LogP contribution >= 0.6 is 0 Å². The summed E-state index contributed by atoms with van der Waals surface area (Å²) >= 11 is 0. The maximum Gasteiger partial charge on any atom is 0.272 e. The highest BCUT2D eigenvalue weighted by Crippen LogP contribution is 2.14. The molecule has 3 N–H and O–H groups in total. The minimum atomic E-state index is -0.311. The number of rotatable bonds is 5. The summed E-state index contributed by atoms with van der Waals surface area (Å²) in [5.74, 6) is -0.0150. The molecule has 3 rings (SSSR count).